The summed E-state index contributed by atoms with van der Waals surface area (Å²) in [6.07, 6.45) is 9.60. The monoisotopic (exact) mass is 313 g/mol. The van der Waals surface area contributed by atoms with E-state index in [9.17, 15) is 0 Å². The molecule has 0 saturated carbocycles. The van der Waals surface area contributed by atoms with E-state index in [2.05, 4.69) is 36.9 Å². The average molecular weight is 313 g/mol. The summed E-state index contributed by atoms with van der Waals surface area (Å²) in [5.41, 5.74) is 1.11. The second kappa shape index (κ2) is 5.88. The quantitative estimate of drug-likeness (QED) is 0.841. The first-order chi connectivity index (χ1) is 11.2. The molecule has 2 fully saturated rings. The Morgan fingerprint density at radius 3 is 2.83 bits per heavy atom. The van der Waals surface area contributed by atoms with Crippen LogP contribution >= 0.6 is 0 Å². The van der Waals surface area contributed by atoms with Gasteiger partial charge in [0.15, 0.2) is 0 Å². The summed E-state index contributed by atoms with van der Waals surface area (Å²) in [6.45, 7) is 5.03. The summed E-state index contributed by atoms with van der Waals surface area (Å²) >= 11 is 0. The Bertz CT molecular complexity index is 639. The molecular formula is C16H23N7. The van der Waals surface area contributed by atoms with Crippen molar-refractivity contribution in [1.29, 1.82) is 0 Å². The lowest BCUT2D eigenvalue weighted by molar-refractivity contribution is 0.188. The predicted molar refractivity (Wildman–Crippen MR) is 87.1 cm³/mol. The van der Waals surface area contributed by atoms with E-state index in [1.54, 1.807) is 6.33 Å². The van der Waals surface area contributed by atoms with Crippen molar-refractivity contribution in [2.45, 2.75) is 38.4 Å². The lowest BCUT2D eigenvalue weighted by Gasteiger charge is -2.37. The molecule has 4 rings (SSSR count). The van der Waals surface area contributed by atoms with Gasteiger partial charge in [0.05, 0.1) is 6.54 Å². The third-order valence-electron chi connectivity index (χ3n) is 5.28. The molecule has 2 aromatic heterocycles. The van der Waals surface area contributed by atoms with Crippen molar-refractivity contribution in [2.24, 2.45) is 5.92 Å². The van der Waals surface area contributed by atoms with Crippen LogP contribution in [0.4, 0.5) is 5.95 Å². The molecule has 23 heavy (non-hydrogen) atoms. The van der Waals surface area contributed by atoms with Crippen molar-refractivity contribution in [3.63, 3.8) is 0 Å². The number of piperidine rings is 1. The van der Waals surface area contributed by atoms with Gasteiger partial charge in [0.2, 0.25) is 5.95 Å². The standard InChI is InChI=1S/C16H23N7/c1-12-6-18-16(19-7-12)22-4-3-15-13(8-22)5-14(21(15)2)9-23-11-17-10-20-23/h6-7,10-11,13-15H,3-5,8-9H2,1-2H3/t13?,14-,15?/m0/s1. The number of aromatic nitrogens is 5. The van der Waals surface area contributed by atoms with Gasteiger partial charge in [-0.05, 0) is 38.3 Å². The van der Waals surface area contributed by atoms with E-state index in [1.165, 1.54) is 12.8 Å². The van der Waals surface area contributed by atoms with Crippen LogP contribution in [0.25, 0.3) is 0 Å². The molecule has 0 aromatic carbocycles. The van der Waals surface area contributed by atoms with Gasteiger partial charge in [0.25, 0.3) is 0 Å². The van der Waals surface area contributed by atoms with E-state index in [4.69, 9.17) is 0 Å². The van der Waals surface area contributed by atoms with Crippen LogP contribution in [0.3, 0.4) is 0 Å². The molecule has 0 aliphatic carbocycles. The molecule has 2 saturated heterocycles. The maximum atomic E-state index is 4.49. The van der Waals surface area contributed by atoms with Crippen molar-refractivity contribution in [1.82, 2.24) is 29.6 Å². The summed E-state index contributed by atoms with van der Waals surface area (Å²) in [6, 6.07) is 1.19. The number of hydrogen-bond acceptors (Lipinski definition) is 6. The van der Waals surface area contributed by atoms with Crippen LogP contribution in [0.1, 0.15) is 18.4 Å². The summed E-state index contributed by atoms with van der Waals surface area (Å²) in [7, 11) is 2.25. The van der Waals surface area contributed by atoms with E-state index in [1.807, 2.05) is 30.3 Å². The molecular weight excluding hydrogens is 290 g/mol. The topological polar surface area (TPSA) is 63.0 Å². The Morgan fingerprint density at radius 2 is 2.09 bits per heavy atom. The smallest absolute Gasteiger partial charge is 0.225 e. The van der Waals surface area contributed by atoms with Crippen molar-refractivity contribution in [2.75, 3.05) is 25.0 Å². The van der Waals surface area contributed by atoms with E-state index in [-0.39, 0.29) is 0 Å². The van der Waals surface area contributed by atoms with Crippen LogP contribution in [-0.2, 0) is 6.54 Å². The van der Waals surface area contributed by atoms with Crippen LogP contribution in [0.15, 0.2) is 25.0 Å². The minimum Gasteiger partial charge on any atom is -0.340 e. The van der Waals surface area contributed by atoms with Gasteiger partial charge in [-0.3, -0.25) is 9.58 Å². The van der Waals surface area contributed by atoms with Gasteiger partial charge in [-0.25, -0.2) is 15.0 Å². The van der Waals surface area contributed by atoms with Crippen LogP contribution in [-0.4, -0.2) is 61.9 Å². The minimum absolute atomic E-state index is 0.533. The second-order valence-electron chi connectivity index (χ2n) is 6.80. The fourth-order valence-electron chi connectivity index (χ4n) is 4.05. The average Bonchev–Trinajstić information content (AvgIpc) is 3.17. The minimum atomic E-state index is 0.533. The number of likely N-dealkylation sites (tertiary alicyclic amines) is 1. The maximum absolute atomic E-state index is 4.49. The number of nitrogens with zero attached hydrogens (tertiary/aromatic N) is 7. The van der Waals surface area contributed by atoms with Crippen molar-refractivity contribution < 1.29 is 0 Å². The first-order valence-corrected chi connectivity index (χ1v) is 8.28. The van der Waals surface area contributed by atoms with Crippen LogP contribution in [0.5, 0.6) is 0 Å². The van der Waals surface area contributed by atoms with E-state index < -0.39 is 0 Å². The zero-order chi connectivity index (χ0) is 15.8. The highest BCUT2D eigenvalue weighted by Gasteiger charge is 2.42. The van der Waals surface area contributed by atoms with Crippen LogP contribution in [0, 0.1) is 12.8 Å². The fourth-order valence-corrected chi connectivity index (χ4v) is 4.05. The van der Waals surface area contributed by atoms with Gasteiger partial charge in [-0.15, -0.1) is 0 Å². The Balaban J connectivity index is 1.44. The molecule has 0 N–H and O–H groups in total. The number of hydrogen-bond donors (Lipinski definition) is 0. The first-order valence-electron chi connectivity index (χ1n) is 8.28. The number of fused-ring (bicyclic) bond motifs is 1. The number of anilines is 1. The Kier molecular flexibility index (Phi) is 3.72. The van der Waals surface area contributed by atoms with Gasteiger partial charge in [-0.1, -0.05) is 0 Å². The van der Waals surface area contributed by atoms with Crippen LogP contribution < -0.4 is 4.90 Å². The predicted octanol–water partition coefficient (Wildman–Crippen LogP) is 0.976. The lowest BCUT2D eigenvalue weighted by atomic mass is 9.92. The number of rotatable bonds is 3. The van der Waals surface area contributed by atoms with E-state index in [0.717, 1.165) is 31.1 Å². The molecule has 4 heterocycles. The summed E-state index contributed by atoms with van der Waals surface area (Å²) in [4.78, 5) is 17.9. The molecule has 2 aliphatic heterocycles. The Hall–Kier alpha value is -2.02. The molecule has 7 nitrogen and oxygen atoms in total. The third-order valence-corrected chi connectivity index (χ3v) is 5.28. The number of aryl methyl sites for hydroxylation is 1. The van der Waals surface area contributed by atoms with Gasteiger partial charge in [0, 0.05) is 37.6 Å². The third kappa shape index (κ3) is 2.81. The number of likely N-dealkylation sites (N-methyl/N-ethyl adjacent to an activating group) is 1. The largest absolute Gasteiger partial charge is 0.340 e. The SMILES string of the molecule is Cc1cnc(N2CCC3C(C[C@@H](Cn4cncn4)N3C)C2)nc1. The zero-order valence-corrected chi connectivity index (χ0v) is 13.7. The highest BCUT2D eigenvalue weighted by Crippen LogP contribution is 2.35. The van der Waals surface area contributed by atoms with E-state index in [0.29, 0.717) is 18.0 Å². The molecule has 2 aliphatic rings. The summed E-state index contributed by atoms with van der Waals surface area (Å²) in [5.74, 6) is 1.55. The zero-order valence-electron chi connectivity index (χ0n) is 13.7. The molecule has 122 valence electrons. The normalized spacial score (nSPS) is 28.1. The highest BCUT2D eigenvalue weighted by molar-refractivity contribution is 5.31. The van der Waals surface area contributed by atoms with Gasteiger partial charge in [0.1, 0.15) is 12.7 Å². The van der Waals surface area contributed by atoms with Gasteiger partial charge >= 0.3 is 0 Å². The Morgan fingerprint density at radius 1 is 1.26 bits per heavy atom. The second-order valence-corrected chi connectivity index (χ2v) is 6.80. The van der Waals surface area contributed by atoms with Gasteiger partial charge in [-0.2, -0.15) is 5.10 Å². The summed E-state index contributed by atoms with van der Waals surface area (Å²) in [5, 5.41) is 4.25. The highest BCUT2D eigenvalue weighted by atomic mass is 15.3. The van der Waals surface area contributed by atoms with E-state index >= 15 is 0 Å². The van der Waals surface area contributed by atoms with Crippen molar-refractivity contribution in [3.05, 3.63) is 30.6 Å². The molecule has 3 atom stereocenters. The molecule has 0 spiro atoms. The Labute approximate surface area is 136 Å². The van der Waals surface area contributed by atoms with Crippen molar-refractivity contribution >= 4 is 5.95 Å². The van der Waals surface area contributed by atoms with Gasteiger partial charge < -0.3 is 4.90 Å². The van der Waals surface area contributed by atoms with Crippen molar-refractivity contribution in [3.8, 4) is 0 Å². The molecule has 0 bridgehead atoms. The lowest BCUT2D eigenvalue weighted by Crippen LogP contribution is -2.46. The molecule has 7 heteroatoms. The molecule has 0 radical (unpaired) electrons. The fraction of sp³-hybridized carbons (Fsp3) is 0.625. The maximum Gasteiger partial charge on any atom is 0.225 e. The molecule has 2 aromatic rings. The summed E-state index contributed by atoms with van der Waals surface area (Å²) < 4.78 is 1.94. The molecule has 2 unspecified atom stereocenters. The first kappa shape index (κ1) is 14.6. The molecule has 0 amide bonds. The van der Waals surface area contributed by atoms with Crippen LogP contribution in [0.2, 0.25) is 0 Å².